The molecule has 1 aliphatic rings. The summed E-state index contributed by atoms with van der Waals surface area (Å²) in [5.74, 6) is -0.0198. The van der Waals surface area contributed by atoms with E-state index in [2.05, 4.69) is 4.98 Å². The molecule has 2 heterocycles. The molecule has 0 spiro atoms. The van der Waals surface area contributed by atoms with E-state index in [1.807, 2.05) is 12.3 Å². The Kier molecular flexibility index (Phi) is 5.94. The number of thiazole rings is 1. The lowest BCUT2D eigenvalue weighted by Gasteiger charge is -2.22. The third-order valence-corrected chi connectivity index (χ3v) is 4.22. The van der Waals surface area contributed by atoms with Gasteiger partial charge in [-0.15, -0.1) is 11.3 Å². The van der Waals surface area contributed by atoms with Crippen molar-refractivity contribution in [2.45, 2.75) is 38.8 Å². The smallest absolute Gasteiger partial charge is 0.248 e. The second kappa shape index (κ2) is 7.71. The molecule has 0 radical (unpaired) electrons. The Morgan fingerprint density at radius 2 is 2.45 bits per heavy atom. The predicted molar refractivity (Wildman–Crippen MR) is 77.7 cm³/mol. The van der Waals surface area contributed by atoms with E-state index in [1.165, 1.54) is 6.42 Å². The molecule has 0 aliphatic carbocycles. The standard InChI is InChI=1S/C14H22N2O3S/c1-11-10-20-13(15-11)7-16(2)14(17)9-18-8-12-5-3-4-6-19-12/h10,12H,3-9H2,1-2H3/t12-/m0/s1. The van der Waals surface area contributed by atoms with E-state index in [4.69, 9.17) is 9.47 Å². The van der Waals surface area contributed by atoms with Gasteiger partial charge in [0.2, 0.25) is 5.91 Å². The summed E-state index contributed by atoms with van der Waals surface area (Å²) in [5.41, 5.74) is 0.997. The van der Waals surface area contributed by atoms with Crippen LogP contribution in [0.1, 0.15) is 30.0 Å². The van der Waals surface area contributed by atoms with E-state index >= 15 is 0 Å². The summed E-state index contributed by atoms with van der Waals surface area (Å²) >= 11 is 1.58. The van der Waals surface area contributed by atoms with Gasteiger partial charge in [-0.3, -0.25) is 4.79 Å². The minimum absolute atomic E-state index is 0.0198. The highest BCUT2D eigenvalue weighted by atomic mass is 32.1. The highest BCUT2D eigenvalue weighted by Crippen LogP contribution is 2.13. The molecule has 1 saturated heterocycles. The Bertz CT molecular complexity index is 430. The van der Waals surface area contributed by atoms with Gasteiger partial charge in [0, 0.05) is 24.7 Å². The van der Waals surface area contributed by atoms with Gasteiger partial charge in [-0.05, 0) is 26.2 Å². The highest BCUT2D eigenvalue weighted by molar-refractivity contribution is 7.09. The molecule has 0 bridgehead atoms. The van der Waals surface area contributed by atoms with Crippen LogP contribution in [0.2, 0.25) is 0 Å². The lowest BCUT2D eigenvalue weighted by atomic mass is 10.1. The molecule has 20 heavy (non-hydrogen) atoms. The first kappa shape index (κ1) is 15.4. The van der Waals surface area contributed by atoms with Gasteiger partial charge in [0.1, 0.15) is 11.6 Å². The Hall–Kier alpha value is -0.980. The van der Waals surface area contributed by atoms with Crippen LogP contribution in [0.15, 0.2) is 5.38 Å². The number of aromatic nitrogens is 1. The van der Waals surface area contributed by atoms with Crippen LogP contribution in [-0.2, 0) is 20.8 Å². The fourth-order valence-corrected chi connectivity index (χ4v) is 2.92. The van der Waals surface area contributed by atoms with Crippen molar-refractivity contribution >= 4 is 17.2 Å². The molecule has 0 saturated carbocycles. The van der Waals surface area contributed by atoms with Crippen LogP contribution >= 0.6 is 11.3 Å². The Balaban J connectivity index is 1.65. The molecule has 5 nitrogen and oxygen atoms in total. The quantitative estimate of drug-likeness (QED) is 0.806. The summed E-state index contributed by atoms with van der Waals surface area (Å²) in [5, 5.41) is 2.94. The summed E-state index contributed by atoms with van der Waals surface area (Å²) in [4.78, 5) is 17.9. The largest absolute Gasteiger partial charge is 0.376 e. The maximum absolute atomic E-state index is 11.9. The summed E-state index contributed by atoms with van der Waals surface area (Å²) in [6.45, 7) is 3.93. The van der Waals surface area contributed by atoms with Gasteiger partial charge in [-0.1, -0.05) is 0 Å². The van der Waals surface area contributed by atoms with Crippen molar-refractivity contribution in [1.29, 1.82) is 0 Å². The van der Waals surface area contributed by atoms with Crippen molar-refractivity contribution in [3.05, 3.63) is 16.1 Å². The number of rotatable bonds is 6. The Labute approximate surface area is 123 Å². The first-order chi connectivity index (χ1) is 9.65. The molecule has 112 valence electrons. The van der Waals surface area contributed by atoms with Crippen LogP contribution in [0, 0.1) is 6.92 Å². The highest BCUT2D eigenvalue weighted by Gasteiger charge is 2.16. The number of carbonyl (C=O) groups is 1. The fraction of sp³-hybridized carbons (Fsp3) is 0.714. The van der Waals surface area contributed by atoms with Gasteiger partial charge in [0.15, 0.2) is 0 Å². The summed E-state index contributed by atoms with van der Waals surface area (Å²) in [6.07, 6.45) is 3.50. The molecule has 6 heteroatoms. The molecule has 2 rings (SSSR count). The number of hydrogen-bond donors (Lipinski definition) is 0. The van der Waals surface area contributed by atoms with E-state index in [0.717, 1.165) is 30.2 Å². The molecular formula is C14H22N2O3S. The van der Waals surface area contributed by atoms with Gasteiger partial charge < -0.3 is 14.4 Å². The predicted octanol–water partition coefficient (Wildman–Crippen LogP) is 2.00. The molecule has 1 aromatic rings. The maximum Gasteiger partial charge on any atom is 0.248 e. The average molecular weight is 298 g/mol. The van der Waals surface area contributed by atoms with Crippen LogP contribution < -0.4 is 0 Å². The first-order valence-electron chi connectivity index (χ1n) is 6.99. The number of likely N-dealkylation sites (N-methyl/N-ethyl adjacent to an activating group) is 1. The van der Waals surface area contributed by atoms with Crippen LogP contribution in [0.3, 0.4) is 0 Å². The Morgan fingerprint density at radius 1 is 1.60 bits per heavy atom. The molecule has 0 N–H and O–H groups in total. The van der Waals surface area contributed by atoms with Crippen molar-refractivity contribution < 1.29 is 14.3 Å². The SMILES string of the molecule is Cc1csc(CN(C)C(=O)COC[C@@H]2CCCCO2)n1. The lowest BCUT2D eigenvalue weighted by molar-refractivity contribution is -0.137. The van der Waals surface area contributed by atoms with E-state index in [1.54, 1.807) is 23.3 Å². The van der Waals surface area contributed by atoms with E-state index < -0.39 is 0 Å². The van der Waals surface area contributed by atoms with Crippen molar-refractivity contribution in [2.75, 3.05) is 26.9 Å². The van der Waals surface area contributed by atoms with Gasteiger partial charge in [0.05, 0.1) is 19.3 Å². The Morgan fingerprint density at radius 3 is 3.10 bits per heavy atom. The van der Waals surface area contributed by atoms with E-state index in [0.29, 0.717) is 13.2 Å². The maximum atomic E-state index is 11.9. The molecule has 1 fully saturated rings. The average Bonchev–Trinajstić information content (AvgIpc) is 2.85. The normalized spacial score (nSPS) is 19.0. The van der Waals surface area contributed by atoms with E-state index in [9.17, 15) is 4.79 Å². The van der Waals surface area contributed by atoms with Crippen molar-refractivity contribution in [3.63, 3.8) is 0 Å². The monoisotopic (exact) mass is 298 g/mol. The van der Waals surface area contributed by atoms with Gasteiger partial charge in [-0.2, -0.15) is 0 Å². The second-order valence-electron chi connectivity index (χ2n) is 5.14. The third-order valence-electron chi connectivity index (χ3n) is 3.27. The lowest BCUT2D eigenvalue weighted by Crippen LogP contribution is -2.32. The molecule has 1 aromatic heterocycles. The third kappa shape index (κ3) is 4.85. The van der Waals surface area contributed by atoms with Crippen molar-refractivity contribution in [1.82, 2.24) is 9.88 Å². The van der Waals surface area contributed by atoms with Gasteiger partial charge >= 0.3 is 0 Å². The molecular weight excluding hydrogens is 276 g/mol. The van der Waals surface area contributed by atoms with Crippen LogP contribution in [-0.4, -0.2) is 48.8 Å². The number of amides is 1. The van der Waals surface area contributed by atoms with Crippen molar-refractivity contribution in [3.8, 4) is 0 Å². The van der Waals surface area contributed by atoms with Crippen molar-refractivity contribution in [2.24, 2.45) is 0 Å². The van der Waals surface area contributed by atoms with E-state index in [-0.39, 0.29) is 18.6 Å². The molecule has 1 amide bonds. The van der Waals surface area contributed by atoms with Gasteiger partial charge in [0.25, 0.3) is 0 Å². The minimum atomic E-state index is -0.0198. The fourth-order valence-electron chi connectivity index (χ4n) is 2.09. The number of hydrogen-bond acceptors (Lipinski definition) is 5. The number of nitrogens with zero attached hydrogens (tertiary/aromatic N) is 2. The van der Waals surface area contributed by atoms with Gasteiger partial charge in [-0.25, -0.2) is 4.98 Å². The number of aryl methyl sites for hydroxylation is 1. The summed E-state index contributed by atoms with van der Waals surface area (Å²) in [7, 11) is 1.78. The molecule has 1 atom stereocenters. The minimum Gasteiger partial charge on any atom is -0.376 e. The number of carbonyl (C=O) groups excluding carboxylic acids is 1. The topological polar surface area (TPSA) is 51.7 Å². The first-order valence-corrected chi connectivity index (χ1v) is 7.87. The molecule has 0 aromatic carbocycles. The molecule has 1 aliphatic heterocycles. The molecule has 0 unspecified atom stereocenters. The van der Waals surface area contributed by atoms with Crippen LogP contribution in [0.5, 0.6) is 0 Å². The van der Waals surface area contributed by atoms with Crippen LogP contribution in [0.25, 0.3) is 0 Å². The number of ether oxygens (including phenoxy) is 2. The zero-order valence-electron chi connectivity index (χ0n) is 12.1. The van der Waals surface area contributed by atoms with Crippen LogP contribution in [0.4, 0.5) is 0 Å². The second-order valence-corrected chi connectivity index (χ2v) is 6.08. The summed E-state index contributed by atoms with van der Waals surface area (Å²) < 4.78 is 11.0. The zero-order valence-corrected chi connectivity index (χ0v) is 12.9. The summed E-state index contributed by atoms with van der Waals surface area (Å²) in [6, 6.07) is 0. The zero-order chi connectivity index (χ0) is 14.4.